The second-order valence-corrected chi connectivity index (χ2v) is 6.21. The Morgan fingerprint density at radius 2 is 1.19 bits per heavy atom. The molecule has 0 radical (unpaired) electrons. The fourth-order valence-corrected chi connectivity index (χ4v) is 2.98. The first-order valence-electron chi connectivity index (χ1n) is 8.83. The van der Waals surface area contributed by atoms with Crippen molar-refractivity contribution in [3.05, 3.63) is 108 Å². The van der Waals surface area contributed by atoms with E-state index in [1.165, 1.54) is 0 Å². The van der Waals surface area contributed by atoms with Crippen molar-refractivity contribution in [1.82, 2.24) is 5.32 Å². The van der Waals surface area contributed by atoms with Crippen molar-refractivity contribution in [2.75, 3.05) is 6.54 Å². The summed E-state index contributed by atoms with van der Waals surface area (Å²) in [5.74, 6) is 0.0805. The van der Waals surface area contributed by atoms with E-state index in [2.05, 4.69) is 29.6 Å². The Morgan fingerprint density at radius 3 is 1.65 bits per heavy atom. The molecule has 0 heterocycles. The first-order chi connectivity index (χ1) is 12.7. The van der Waals surface area contributed by atoms with Crippen molar-refractivity contribution >= 4 is 6.09 Å². The minimum Gasteiger partial charge on any atom is -0.442 e. The van der Waals surface area contributed by atoms with Gasteiger partial charge < -0.3 is 10.1 Å². The van der Waals surface area contributed by atoms with Gasteiger partial charge in [-0.3, -0.25) is 0 Å². The Morgan fingerprint density at radius 1 is 0.769 bits per heavy atom. The van der Waals surface area contributed by atoms with E-state index >= 15 is 0 Å². The van der Waals surface area contributed by atoms with Gasteiger partial charge >= 0.3 is 6.09 Å². The van der Waals surface area contributed by atoms with Crippen molar-refractivity contribution < 1.29 is 9.53 Å². The molecular formula is C23H23NO2. The van der Waals surface area contributed by atoms with Crippen LogP contribution in [0.5, 0.6) is 0 Å². The third kappa shape index (κ3) is 4.73. The van der Waals surface area contributed by atoms with Crippen molar-refractivity contribution in [3.63, 3.8) is 0 Å². The van der Waals surface area contributed by atoms with E-state index in [9.17, 15) is 4.79 Å². The van der Waals surface area contributed by atoms with Crippen LogP contribution < -0.4 is 5.32 Å². The van der Waals surface area contributed by atoms with Crippen LogP contribution in [0.4, 0.5) is 4.79 Å². The highest BCUT2D eigenvalue weighted by atomic mass is 16.6. The number of carbonyl (C=O) groups is 1. The van der Waals surface area contributed by atoms with Gasteiger partial charge in [-0.25, -0.2) is 4.79 Å². The molecule has 1 unspecified atom stereocenters. The number of benzene rings is 3. The summed E-state index contributed by atoms with van der Waals surface area (Å²) in [5.41, 5.74) is 3.30. The van der Waals surface area contributed by atoms with Gasteiger partial charge in [0.05, 0.1) is 0 Å². The van der Waals surface area contributed by atoms with Crippen LogP contribution in [0, 0.1) is 0 Å². The highest BCUT2D eigenvalue weighted by molar-refractivity contribution is 5.67. The van der Waals surface area contributed by atoms with Crippen LogP contribution in [0.15, 0.2) is 91.0 Å². The monoisotopic (exact) mass is 345 g/mol. The van der Waals surface area contributed by atoms with E-state index in [0.29, 0.717) is 6.54 Å². The summed E-state index contributed by atoms with van der Waals surface area (Å²) in [7, 11) is 0. The standard InChI is InChI=1S/C23H23NO2/c1-18(19-11-5-2-6-12-19)26-23(25)24-17-22(20-13-7-3-8-14-20)21-15-9-4-10-16-21/h2-16,18,22H,17H2,1H3,(H,24,25). The van der Waals surface area contributed by atoms with E-state index in [-0.39, 0.29) is 12.0 Å². The molecule has 0 aliphatic rings. The molecule has 1 N–H and O–H groups in total. The quantitative estimate of drug-likeness (QED) is 0.658. The lowest BCUT2D eigenvalue weighted by atomic mass is 9.91. The van der Waals surface area contributed by atoms with Gasteiger partial charge in [0, 0.05) is 12.5 Å². The van der Waals surface area contributed by atoms with Crippen LogP contribution in [0.1, 0.15) is 35.6 Å². The van der Waals surface area contributed by atoms with E-state index in [1.807, 2.05) is 73.7 Å². The number of alkyl carbamates (subject to hydrolysis) is 1. The predicted octanol–water partition coefficient (Wildman–Crippen LogP) is 5.31. The van der Waals surface area contributed by atoms with Gasteiger partial charge in [0.25, 0.3) is 0 Å². The molecule has 3 aromatic carbocycles. The van der Waals surface area contributed by atoms with Crippen LogP contribution in [0.25, 0.3) is 0 Å². The maximum absolute atomic E-state index is 12.3. The van der Waals surface area contributed by atoms with Gasteiger partial charge in [0.2, 0.25) is 0 Å². The number of hydrogen-bond donors (Lipinski definition) is 1. The molecule has 3 aromatic rings. The lowest BCUT2D eigenvalue weighted by Gasteiger charge is -2.20. The first kappa shape index (κ1) is 17.7. The highest BCUT2D eigenvalue weighted by Gasteiger charge is 2.17. The molecule has 0 aliphatic carbocycles. The highest BCUT2D eigenvalue weighted by Crippen LogP contribution is 2.24. The van der Waals surface area contributed by atoms with E-state index in [0.717, 1.165) is 16.7 Å². The molecule has 3 heteroatoms. The van der Waals surface area contributed by atoms with Crippen LogP contribution in [-0.2, 0) is 4.74 Å². The summed E-state index contributed by atoms with van der Waals surface area (Å²) in [6.07, 6.45) is -0.693. The molecule has 0 spiro atoms. The largest absolute Gasteiger partial charge is 0.442 e. The Bertz CT molecular complexity index is 764. The Balaban J connectivity index is 1.65. The molecule has 0 saturated carbocycles. The Kier molecular flexibility index (Phi) is 6.05. The van der Waals surface area contributed by atoms with Gasteiger partial charge in [-0.15, -0.1) is 0 Å². The van der Waals surface area contributed by atoms with Crippen LogP contribution in [-0.4, -0.2) is 12.6 Å². The molecule has 132 valence electrons. The van der Waals surface area contributed by atoms with Gasteiger partial charge in [-0.05, 0) is 23.6 Å². The van der Waals surface area contributed by atoms with Gasteiger partial charge in [0.1, 0.15) is 6.10 Å². The number of nitrogens with one attached hydrogen (secondary N) is 1. The summed E-state index contributed by atoms with van der Waals surface area (Å²) >= 11 is 0. The zero-order valence-electron chi connectivity index (χ0n) is 14.8. The molecule has 0 aromatic heterocycles. The lowest BCUT2D eigenvalue weighted by molar-refractivity contribution is 0.107. The van der Waals surface area contributed by atoms with E-state index in [1.54, 1.807) is 0 Å². The predicted molar refractivity (Wildman–Crippen MR) is 104 cm³/mol. The second kappa shape index (κ2) is 8.86. The molecule has 1 atom stereocenters. The zero-order chi connectivity index (χ0) is 18.2. The van der Waals surface area contributed by atoms with Crippen molar-refractivity contribution in [3.8, 4) is 0 Å². The van der Waals surface area contributed by atoms with Gasteiger partial charge in [-0.2, -0.15) is 0 Å². The Labute approximate surface area is 154 Å². The number of rotatable bonds is 6. The average molecular weight is 345 g/mol. The minimum absolute atomic E-state index is 0.0805. The summed E-state index contributed by atoms with van der Waals surface area (Å²) < 4.78 is 5.51. The summed E-state index contributed by atoms with van der Waals surface area (Å²) in [5, 5.41) is 2.92. The fraction of sp³-hybridized carbons (Fsp3) is 0.174. The Hall–Kier alpha value is -3.07. The van der Waals surface area contributed by atoms with Crippen LogP contribution in [0.3, 0.4) is 0 Å². The smallest absolute Gasteiger partial charge is 0.407 e. The topological polar surface area (TPSA) is 38.3 Å². The van der Waals surface area contributed by atoms with E-state index < -0.39 is 6.09 Å². The third-order valence-corrected chi connectivity index (χ3v) is 4.41. The molecule has 1 amide bonds. The van der Waals surface area contributed by atoms with E-state index in [4.69, 9.17) is 4.74 Å². The number of carbonyl (C=O) groups excluding carboxylic acids is 1. The minimum atomic E-state index is -0.404. The maximum atomic E-state index is 12.3. The molecular weight excluding hydrogens is 322 g/mol. The first-order valence-corrected chi connectivity index (χ1v) is 8.83. The second-order valence-electron chi connectivity index (χ2n) is 6.21. The molecule has 0 aliphatic heterocycles. The number of ether oxygens (including phenoxy) is 1. The SMILES string of the molecule is CC(OC(=O)NCC(c1ccccc1)c1ccccc1)c1ccccc1. The van der Waals surface area contributed by atoms with Gasteiger partial charge in [0.15, 0.2) is 0 Å². The summed E-state index contributed by atoms with van der Waals surface area (Å²) in [6.45, 7) is 2.36. The molecule has 26 heavy (non-hydrogen) atoms. The molecule has 3 rings (SSSR count). The fourth-order valence-electron chi connectivity index (χ4n) is 2.98. The van der Waals surface area contributed by atoms with Crippen molar-refractivity contribution in [1.29, 1.82) is 0 Å². The molecule has 3 nitrogen and oxygen atoms in total. The zero-order valence-corrected chi connectivity index (χ0v) is 14.8. The average Bonchev–Trinajstić information content (AvgIpc) is 2.70. The number of hydrogen-bond acceptors (Lipinski definition) is 2. The van der Waals surface area contributed by atoms with Crippen LogP contribution in [0.2, 0.25) is 0 Å². The molecule has 0 bridgehead atoms. The van der Waals surface area contributed by atoms with Crippen LogP contribution >= 0.6 is 0 Å². The maximum Gasteiger partial charge on any atom is 0.407 e. The lowest BCUT2D eigenvalue weighted by Crippen LogP contribution is -2.30. The van der Waals surface area contributed by atoms with Crippen molar-refractivity contribution in [2.45, 2.75) is 18.9 Å². The van der Waals surface area contributed by atoms with Crippen molar-refractivity contribution in [2.24, 2.45) is 0 Å². The normalized spacial score (nSPS) is 11.8. The number of amides is 1. The molecule has 0 saturated heterocycles. The van der Waals surface area contributed by atoms with Gasteiger partial charge in [-0.1, -0.05) is 91.0 Å². The third-order valence-electron chi connectivity index (χ3n) is 4.41. The summed E-state index contributed by atoms with van der Waals surface area (Å²) in [6, 6.07) is 30.1. The summed E-state index contributed by atoms with van der Waals surface area (Å²) in [4.78, 5) is 12.3. The molecule has 0 fully saturated rings.